The Kier molecular flexibility index (Phi) is 6.44. The summed E-state index contributed by atoms with van der Waals surface area (Å²) in [6.45, 7) is 2.27. The van der Waals surface area contributed by atoms with E-state index in [0.29, 0.717) is 17.2 Å². The molecule has 3 aromatic carbocycles. The second-order valence-corrected chi connectivity index (χ2v) is 8.11. The Morgan fingerprint density at radius 3 is 2.36 bits per heavy atom. The zero-order valence-corrected chi connectivity index (χ0v) is 19.6. The minimum atomic E-state index is -0.480. The number of benzene rings is 3. The van der Waals surface area contributed by atoms with Gasteiger partial charge in [0.05, 0.1) is 6.54 Å². The summed E-state index contributed by atoms with van der Waals surface area (Å²) in [5.74, 6) is 0.557. The van der Waals surface area contributed by atoms with Crippen LogP contribution in [0.25, 0.3) is 28.6 Å². The topological polar surface area (TPSA) is 111 Å². The molecule has 1 N–H and O–H groups in total. The van der Waals surface area contributed by atoms with Gasteiger partial charge in [0.25, 0.3) is 5.91 Å². The second-order valence-electron chi connectivity index (χ2n) is 8.11. The molecule has 0 saturated heterocycles. The van der Waals surface area contributed by atoms with Crippen molar-refractivity contribution in [1.82, 2.24) is 35.0 Å². The molecule has 36 heavy (non-hydrogen) atoms. The zero-order chi connectivity index (χ0) is 24.9. The number of rotatable bonds is 7. The molecule has 2 heterocycles. The predicted molar refractivity (Wildman–Crippen MR) is 136 cm³/mol. The summed E-state index contributed by atoms with van der Waals surface area (Å²) in [5, 5.41) is 18.5. The Labute approximate surface area is 206 Å². The molecule has 0 amide bonds. The first-order valence-electron chi connectivity index (χ1n) is 11.5. The van der Waals surface area contributed by atoms with E-state index >= 15 is 0 Å². The molecule has 2 aromatic heterocycles. The van der Waals surface area contributed by atoms with Gasteiger partial charge in [0.2, 0.25) is 0 Å². The Bertz CT molecular complexity index is 1560. The first-order valence-corrected chi connectivity index (χ1v) is 11.5. The first-order chi connectivity index (χ1) is 17.7. The van der Waals surface area contributed by atoms with E-state index in [2.05, 4.69) is 25.7 Å². The number of hydrogen-bond acceptors (Lipinski definition) is 6. The van der Waals surface area contributed by atoms with Gasteiger partial charge in [-0.05, 0) is 51.7 Å². The lowest BCUT2D eigenvalue weighted by molar-refractivity contribution is 0.0940. The van der Waals surface area contributed by atoms with Gasteiger partial charge in [-0.3, -0.25) is 9.36 Å². The van der Waals surface area contributed by atoms with E-state index in [9.17, 15) is 9.59 Å². The van der Waals surface area contributed by atoms with Crippen LogP contribution in [0.15, 0.2) is 89.7 Å². The SMILES string of the molecule is CC/C=C/c1nn(C(=O)c2ccccc2)c(=O)n1Cc1ccc(-c2ccccc2-c2nnn[nH]2)cc1. The third-order valence-corrected chi connectivity index (χ3v) is 5.74. The molecule has 0 aliphatic carbocycles. The number of hydrogen-bond donors (Lipinski definition) is 1. The van der Waals surface area contributed by atoms with E-state index < -0.39 is 11.6 Å². The van der Waals surface area contributed by atoms with E-state index in [1.165, 1.54) is 4.57 Å². The molecule has 0 fully saturated rings. The van der Waals surface area contributed by atoms with Gasteiger partial charge in [0.1, 0.15) is 0 Å². The van der Waals surface area contributed by atoms with Crippen LogP contribution in [0, 0.1) is 0 Å². The number of nitrogens with one attached hydrogen (secondary N) is 1. The first kappa shape index (κ1) is 22.9. The number of carbonyl (C=O) groups excluding carboxylic acids is 1. The molecular weight excluding hydrogens is 454 g/mol. The number of aromatic nitrogens is 7. The molecule has 5 rings (SSSR count). The van der Waals surface area contributed by atoms with Crippen molar-refractivity contribution < 1.29 is 4.79 Å². The van der Waals surface area contributed by atoms with E-state index in [1.807, 2.05) is 67.6 Å². The summed E-state index contributed by atoms with van der Waals surface area (Å²) in [5.41, 5.74) is 3.68. The van der Waals surface area contributed by atoms with Crippen LogP contribution in [0.4, 0.5) is 0 Å². The summed E-state index contributed by atoms with van der Waals surface area (Å²) in [7, 11) is 0. The molecule has 0 saturated carbocycles. The van der Waals surface area contributed by atoms with Gasteiger partial charge in [0.15, 0.2) is 11.6 Å². The van der Waals surface area contributed by atoms with Crippen molar-refractivity contribution in [3.8, 4) is 22.5 Å². The fourth-order valence-electron chi connectivity index (χ4n) is 3.93. The minimum absolute atomic E-state index is 0.276. The maximum atomic E-state index is 13.2. The van der Waals surface area contributed by atoms with Crippen molar-refractivity contribution in [1.29, 1.82) is 0 Å². The maximum Gasteiger partial charge on any atom is 0.354 e. The average Bonchev–Trinajstić information content (AvgIpc) is 3.57. The fraction of sp³-hybridized carbons (Fsp3) is 0.111. The monoisotopic (exact) mass is 477 g/mol. The summed E-state index contributed by atoms with van der Waals surface area (Å²) >= 11 is 0. The van der Waals surface area contributed by atoms with Crippen molar-refractivity contribution in [2.75, 3.05) is 0 Å². The molecule has 178 valence electrons. The van der Waals surface area contributed by atoms with Crippen LogP contribution in [-0.2, 0) is 6.54 Å². The van der Waals surface area contributed by atoms with Gasteiger partial charge in [0, 0.05) is 11.1 Å². The van der Waals surface area contributed by atoms with Crippen molar-refractivity contribution in [3.05, 3.63) is 112 Å². The smallest absolute Gasteiger partial charge is 0.271 e. The van der Waals surface area contributed by atoms with E-state index in [1.54, 1.807) is 30.3 Å². The number of aromatic amines is 1. The second kappa shape index (κ2) is 10.1. The Hall–Kier alpha value is -4.92. The van der Waals surface area contributed by atoms with Gasteiger partial charge in [-0.15, -0.1) is 14.9 Å². The predicted octanol–water partition coefficient (Wildman–Crippen LogP) is 4.05. The van der Waals surface area contributed by atoms with E-state index in [0.717, 1.165) is 33.4 Å². The van der Waals surface area contributed by atoms with Crippen LogP contribution >= 0.6 is 0 Å². The normalized spacial score (nSPS) is 11.2. The molecule has 0 bridgehead atoms. The van der Waals surface area contributed by atoms with Crippen LogP contribution in [0.3, 0.4) is 0 Å². The summed E-state index contributed by atoms with van der Waals surface area (Å²) in [4.78, 5) is 26.2. The number of tetrazole rings is 1. The highest BCUT2D eigenvalue weighted by Crippen LogP contribution is 2.29. The highest BCUT2D eigenvalue weighted by Gasteiger charge is 2.19. The number of allylic oxidation sites excluding steroid dienone is 1. The lowest BCUT2D eigenvalue weighted by Gasteiger charge is -2.09. The lowest BCUT2D eigenvalue weighted by atomic mass is 9.98. The molecule has 0 unspecified atom stereocenters. The highest BCUT2D eigenvalue weighted by molar-refractivity contribution is 5.95. The molecule has 5 aromatic rings. The molecule has 9 heteroatoms. The Morgan fingerprint density at radius 1 is 0.944 bits per heavy atom. The average molecular weight is 478 g/mol. The van der Waals surface area contributed by atoms with Crippen molar-refractivity contribution in [2.45, 2.75) is 19.9 Å². The van der Waals surface area contributed by atoms with Crippen LogP contribution in [0.2, 0.25) is 0 Å². The number of nitrogens with zero attached hydrogens (tertiary/aromatic N) is 6. The third kappa shape index (κ3) is 4.54. The summed E-state index contributed by atoms with van der Waals surface area (Å²) in [6, 6.07) is 24.4. The molecular formula is C27H23N7O2. The van der Waals surface area contributed by atoms with Gasteiger partial charge >= 0.3 is 5.69 Å². The van der Waals surface area contributed by atoms with Crippen LogP contribution in [0.1, 0.15) is 35.1 Å². The van der Waals surface area contributed by atoms with Gasteiger partial charge in [-0.1, -0.05) is 79.7 Å². The van der Waals surface area contributed by atoms with E-state index in [4.69, 9.17) is 0 Å². The van der Waals surface area contributed by atoms with Crippen LogP contribution in [0.5, 0.6) is 0 Å². The maximum absolute atomic E-state index is 13.2. The lowest BCUT2D eigenvalue weighted by Crippen LogP contribution is -2.30. The quantitative estimate of drug-likeness (QED) is 0.379. The fourth-order valence-corrected chi connectivity index (χ4v) is 3.93. The van der Waals surface area contributed by atoms with E-state index in [-0.39, 0.29) is 6.54 Å². The molecule has 0 aliphatic heterocycles. The number of H-pyrrole nitrogens is 1. The Balaban J connectivity index is 1.47. The minimum Gasteiger partial charge on any atom is -0.271 e. The van der Waals surface area contributed by atoms with Crippen LogP contribution in [-0.4, -0.2) is 40.9 Å². The molecule has 9 nitrogen and oxygen atoms in total. The Morgan fingerprint density at radius 2 is 1.67 bits per heavy atom. The largest absolute Gasteiger partial charge is 0.354 e. The molecule has 0 radical (unpaired) electrons. The molecule has 0 aliphatic rings. The van der Waals surface area contributed by atoms with Crippen molar-refractivity contribution >= 4 is 12.0 Å². The van der Waals surface area contributed by atoms with Gasteiger partial charge in [-0.25, -0.2) is 9.89 Å². The highest BCUT2D eigenvalue weighted by atomic mass is 16.2. The van der Waals surface area contributed by atoms with Crippen LogP contribution < -0.4 is 5.69 Å². The molecule has 0 atom stereocenters. The zero-order valence-electron chi connectivity index (χ0n) is 19.6. The van der Waals surface area contributed by atoms with Crippen molar-refractivity contribution in [3.63, 3.8) is 0 Å². The summed E-state index contributed by atoms with van der Waals surface area (Å²) < 4.78 is 2.44. The molecule has 0 spiro atoms. The van der Waals surface area contributed by atoms with Crippen molar-refractivity contribution in [2.24, 2.45) is 0 Å². The summed E-state index contributed by atoms with van der Waals surface area (Å²) in [6.07, 6.45) is 4.46. The van der Waals surface area contributed by atoms with Gasteiger partial charge in [-0.2, -0.15) is 0 Å². The third-order valence-electron chi connectivity index (χ3n) is 5.74. The standard InChI is InChI=1S/C27H23N7O2/c1-2-3-13-24-30-34(26(35)21-9-5-4-6-10-21)27(36)33(24)18-19-14-16-20(17-15-19)22-11-7-8-12-23(22)25-28-31-32-29-25/h3-17H,2,18H2,1H3,(H,28,29,31,32)/b13-3+. The number of carbonyl (C=O) groups is 1. The van der Waals surface area contributed by atoms with Gasteiger partial charge < -0.3 is 0 Å².